The molecule has 1 heterocycles. The van der Waals surface area contributed by atoms with E-state index in [0.29, 0.717) is 10.8 Å². The lowest BCUT2D eigenvalue weighted by atomic mass is 10.3. The molecule has 0 fully saturated rings. The first-order valence-corrected chi connectivity index (χ1v) is 5.68. The molecule has 19 heavy (non-hydrogen) atoms. The zero-order valence-corrected chi connectivity index (χ0v) is 10.4. The van der Waals surface area contributed by atoms with Gasteiger partial charge in [-0.3, -0.25) is 9.89 Å². The predicted molar refractivity (Wildman–Crippen MR) is 68.9 cm³/mol. The Bertz CT molecular complexity index is 633. The van der Waals surface area contributed by atoms with Gasteiger partial charge in [0, 0.05) is 5.02 Å². The second kappa shape index (κ2) is 5.89. The van der Waals surface area contributed by atoms with Gasteiger partial charge in [0.15, 0.2) is 6.61 Å². The van der Waals surface area contributed by atoms with E-state index in [4.69, 9.17) is 21.6 Å². The lowest BCUT2D eigenvalue weighted by Gasteiger charge is -2.06. The number of anilines is 1. The van der Waals surface area contributed by atoms with Crippen LogP contribution >= 0.6 is 11.6 Å². The van der Waals surface area contributed by atoms with E-state index in [0.717, 1.165) is 0 Å². The summed E-state index contributed by atoms with van der Waals surface area (Å²) in [6, 6.07) is 8.62. The van der Waals surface area contributed by atoms with Crippen molar-refractivity contribution in [3.63, 3.8) is 0 Å². The number of H-pyrrole nitrogens is 1. The van der Waals surface area contributed by atoms with Crippen LogP contribution in [-0.4, -0.2) is 22.7 Å². The highest BCUT2D eigenvalue weighted by atomic mass is 35.5. The molecular formula is C12H9ClN4O2. The first-order valence-electron chi connectivity index (χ1n) is 5.30. The highest BCUT2D eigenvalue weighted by Crippen LogP contribution is 2.17. The molecule has 0 radical (unpaired) electrons. The number of nitriles is 1. The third-order valence-corrected chi connectivity index (χ3v) is 2.43. The van der Waals surface area contributed by atoms with Gasteiger partial charge < -0.3 is 10.1 Å². The van der Waals surface area contributed by atoms with Crippen LogP contribution in [0.5, 0.6) is 5.75 Å². The predicted octanol–water partition coefficient (Wildman–Crippen LogP) is 1.95. The summed E-state index contributed by atoms with van der Waals surface area (Å²) in [6.45, 7) is -0.190. The fourth-order valence-corrected chi connectivity index (χ4v) is 1.53. The van der Waals surface area contributed by atoms with Gasteiger partial charge in [0.05, 0.1) is 6.20 Å². The highest BCUT2D eigenvalue weighted by molar-refractivity contribution is 6.30. The molecule has 0 aliphatic rings. The number of nitrogens with one attached hydrogen (secondary N) is 2. The highest BCUT2D eigenvalue weighted by Gasteiger charge is 2.09. The molecule has 7 heteroatoms. The number of aromatic amines is 1. The lowest BCUT2D eigenvalue weighted by molar-refractivity contribution is -0.118. The normalized spacial score (nSPS) is 9.68. The van der Waals surface area contributed by atoms with Crippen LogP contribution in [0.15, 0.2) is 30.5 Å². The van der Waals surface area contributed by atoms with Gasteiger partial charge in [0.25, 0.3) is 5.91 Å². The Morgan fingerprint density at radius 2 is 2.42 bits per heavy atom. The number of nitrogens with zero attached hydrogens (tertiary/aromatic N) is 2. The van der Waals surface area contributed by atoms with Crippen molar-refractivity contribution in [2.75, 3.05) is 11.9 Å². The van der Waals surface area contributed by atoms with Gasteiger partial charge in [-0.1, -0.05) is 17.7 Å². The van der Waals surface area contributed by atoms with E-state index in [1.807, 2.05) is 6.07 Å². The molecule has 0 saturated carbocycles. The van der Waals surface area contributed by atoms with E-state index < -0.39 is 5.91 Å². The van der Waals surface area contributed by atoms with Crippen LogP contribution in [0.1, 0.15) is 5.56 Å². The average Bonchev–Trinajstić information content (AvgIpc) is 2.84. The number of benzene rings is 1. The summed E-state index contributed by atoms with van der Waals surface area (Å²) in [7, 11) is 0. The molecular weight excluding hydrogens is 268 g/mol. The van der Waals surface area contributed by atoms with E-state index in [-0.39, 0.29) is 18.0 Å². The summed E-state index contributed by atoms with van der Waals surface area (Å²) >= 11 is 5.78. The minimum absolute atomic E-state index is 0.190. The van der Waals surface area contributed by atoms with Crippen molar-refractivity contribution in [3.8, 4) is 11.8 Å². The smallest absolute Gasteiger partial charge is 0.263 e. The molecule has 96 valence electrons. The van der Waals surface area contributed by atoms with Crippen molar-refractivity contribution in [3.05, 3.63) is 41.0 Å². The number of hydrogen-bond donors (Lipinski definition) is 2. The summed E-state index contributed by atoms with van der Waals surface area (Å²) in [4.78, 5) is 11.6. The van der Waals surface area contributed by atoms with E-state index in [9.17, 15) is 4.79 Å². The number of carbonyl (C=O) groups excluding carboxylic acids is 1. The van der Waals surface area contributed by atoms with Gasteiger partial charge in [-0.05, 0) is 18.2 Å². The third kappa shape index (κ3) is 3.47. The van der Waals surface area contributed by atoms with E-state index in [1.54, 1.807) is 24.3 Å². The van der Waals surface area contributed by atoms with Crippen LogP contribution in [0.3, 0.4) is 0 Å². The van der Waals surface area contributed by atoms with E-state index in [1.165, 1.54) is 6.20 Å². The molecule has 2 N–H and O–H groups in total. The van der Waals surface area contributed by atoms with Gasteiger partial charge in [-0.15, -0.1) is 0 Å². The number of rotatable bonds is 4. The molecule has 0 bridgehead atoms. The van der Waals surface area contributed by atoms with E-state index in [2.05, 4.69) is 15.5 Å². The molecule has 2 aromatic rings. The number of aromatic nitrogens is 2. The van der Waals surface area contributed by atoms with Crippen molar-refractivity contribution in [1.29, 1.82) is 5.26 Å². The maximum atomic E-state index is 11.6. The van der Waals surface area contributed by atoms with Gasteiger partial charge in [-0.25, -0.2) is 0 Å². The van der Waals surface area contributed by atoms with Crippen LogP contribution < -0.4 is 10.1 Å². The molecule has 1 aromatic heterocycles. The third-order valence-electron chi connectivity index (χ3n) is 2.19. The van der Waals surface area contributed by atoms with Gasteiger partial charge >= 0.3 is 0 Å². The molecule has 0 aliphatic heterocycles. The summed E-state index contributed by atoms with van der Waals surface area (Å²) in [5.74, 6) is 0.343. The Labute approximate surface area is 114 Å². The van der Waals surface area contributed by atoms with Crippen LogP contribution in [0.2, 0.25) is 5.02 Å². The Morgan fingerprint density at radius 3 is 3.16 bits per heavy atom. The molecule has 0 unspecified atom stereocenters. The molecule has 0 saturated heterocycles. The maximum absolute atomic E-state index is 11.6. The van der Waals surface area contributed by atoms with Gasteiger partial charge in [-0.2, -0.15) is 10.4 Å². The second-order valence-corrected chi connectivity index (χ2v) is 4.00. The van der Waals surface area contributed by atoms with Gasteiger partial charge in [0.2, 0.25) is 0 Å². The molecule has 0 atom stereocenters. The molecule has 1 amide bonds. The lowest BCUT2D eigenvalue weighted by Crippen LogP contribution is -2.20. The number of hydrogen-bond acceptors (Lipinski definition) is 4. The Morgan fingerprint density at radius 1 is 1.58 bits per heavy atom. The van der Waals surface area contributed by atoms with Crippen LogP contribution in [0.25, 0.3) is 0 Å². The second-order valence-electron chi connectivity index (χ2n) is 3.56. The van der Waals surface area contributed by atoms with Crippen molar-refractivity contribution in [2.45, 2.75) is 0 Å². The number of ether oxygens (including phenoxy) is 1. The largest absolute Gasteiger partial charge is 0.484 e. The monoisotopic (exact) mass is 276 g/mol. The standard InChI is InChI=1S/C12H9ClN4O2/c13-9-2-1-3-10(4-9)19-7-11(18)16-12-8(5-14)6-15-17-12/h1-4,6H,7H2,(H2,15,16,17,18). The van der Waals surface area contributed by atoms with Crippen LogP contribution in [0.4, 0.5) is 5.82 Å². The molecule has 0 spiro atoms. The Hall–Kier alpha value is -2.52. The zero-order chi connectivity index (χ0) is 13.7. The molecule has 0 aliphatic carbocycles. The summed E-state index contributed by atoms with van der Waals surface area (Å²) < 4.78 is 5.26. The van der Waals surface area contributed by atoms with Crippen molar-refractivity contribution in [1.82, 2.24) is 10.2 Å². The van der Waals surface area contributed by atoms with E-state index >= 15 is 0 Å². The first kappa shape index (κ1) is 12.9. The van der Waals surface area contributed by atoms with Crippen LogP contribution in [-0.2, 0) is 4.79 Å². The summed E-state index contributed by atoms with van der Waals surface area (Å²) in [5.41, 5.74) is 0.260. The van der Waals surface area contributed by atoms with Crippen LogP contribution in [0, 0.1) is 11.3 Å². The quantitative estimate of drug-likeness (QED) is 0.893. The molecule has 6 nitrogen and oxygen atoms in total. The van der Waals surface area contributed by atoms with Crippen molar-refractivity contribution >= 4 is 23.3 Å². The van der Waals surface area contributed by atoms with Crippen molar-refractivity contribution in [2.24, 2.45) is 0 Å². The minimum atomic E-state index is -0.402. The molecule has 2 rings (SSSR count). The SMILES string of the molecule is N#Cc1cn[nH]c1NC(=O)COc1cccc(Cl)c1. The summed E-state index contributed by atoms with van der Waals surface area (Å²) in [6.07, 6.45) is 1.33. The number of halogens is 1. The van der Waals surface area contributed by atoms with Crippen molar-refractivity contribution < 1.29 is 9.53 Å². The summed E-state index contributed by atoms with van der Waals surface area (Å²) in [5, 5.41) is 17.9. The zero-order valence-electron chi connectivity index (χ0n) is 9.68. The maximum Gasteiger partial charge on any atom is 0.263 e. The number of carbonyl (C=O) groups is 1. The topological polar surface area (TPSA) is 90.8 Å². The first-order chi connectivity index (χ1) is 9.19. The number of amides is 1. The Kier molecular flexibility index (Phi) is 4.00. The Balaban J connectivity index is 1.91. The fraction of sp³-hybridized carbons (Fsp3) is 0.0833. The minimum Gasteiger partial charge on any atom is -0.484 e. The average molecular weight is 277 g/mol. The molecule has 1 aromatic carbocycles. The van der Waals surface area contributed by atoms with Gasteiger partial charge in [0.1, 0.15) is 23.2 Å². The fourth-order valence-electron chi connectivity index (χ4n) is 1.35.